The summed E-state index contributed by atoms with van der Waals surface area (Å²) in [6, 6.07) is 4.13. The average molecular weight is 274 g/mol. The number of hydrogen-bond donors (Lipinski definition) is 0. The van der Waals surface area contributed by atoms with Crippen molar-refractivity contribution in [1.29, 1.82) is 0 Å². The zero-order valence-corrected chi connectivity index (χ0v) is 10.6. The van der Waals surface area contributed by atoms with Crippen molar-refractivity contribution in [2.45, 2.75) is 20.0 Å². The number of nitrogens with zero attached hydrogens (tertiary/aromatic N) is 1. The fourth-order valence-electron chi connectivity index (χ4n) is 1.24. The van der Waals surface area contributed by atoms with Crippen LogP contribution in [0.3, 0.4) is 0 Å². The van der Waals surface area contributed by atoms with Gasteiger partial charge in [-0.15, -0.1) is 0 Å². The largest absolute Gasteiger partial charge is 0.471 e. The van der Waals surface area contributed by atoms with Gasteiger partial charge in [0.1, 0.15) is 0 Å². The minimum Gasteiger partial charge on any atom is -0.471 e. The minimum atomic E-state index is -0.969. The van der Waals surface area contributed by atoms with Crippen LogP contribution in [0.2, 0.25) is 5.02 Å². The van der Waals surface area contributed by atoms with E-state index in [0.717, 1.165) is 0 Å². The van der Waals surface area contributed by atoms with Crippen molar-refractivity contribution in [2.75, 3.05) is 6.61 Å². The molecular formula is C11H12ClNO5. The van der Waals surface area contributed by atoms with Gasteiger partial charge in [-0.1, -0.05) is 17.7 Å². The molecule has 0 fully saturated rings. The SMILES string of the molecule is CCOC(=O)C(C)Oc1c(Cl)cccc1[N+](=O)[O-]. The normalized spacial score (nSPS) is 11.7. The van der Waals surface area contributed by atoms with Crippen LogP contribution >= 0.6 is 11.6 Å². The Kier molecular flexibility index (Phi) is 4.91. The summed E-state index contributed by atoms with van der Waals surface area (Å²) in [7, 11) is 0. The van der Waals surface area contributed by atoms with E-state index >= 15 is 0 Å². The second kappa shape index (κ2) is 6.20. The van der Waals surface area contributed by atoms with E-state index < -0.39 is 17.0 Å². The maximum Gasteiger partial charge on any atom is 0.347 e. The van der Waals surface area contributed by atoms with Crippen LogP contribution in [-0.4, -0.2) is 23.6 Å². The van der Waals surface area contributed by atoms with Gasteiger partial charge in [0.25, 0.3) is 0 Å². The van der Waals surface area contributed by atoms with Crippen LogP contribution in [0.15, 0.2) is 18.2 Å². The first-order valence-corrected chi connectivity index (χ1v) is 5.61. The highest BCUT2D eigenvalue weighted by atomic mass is 35.5. The van der Waals surface area contributed by atoms with Gasteiger partial charge in [0.05, 0.1) is 16.6 Å². The number of halogens is 1. The Labute approximate surface area is 109 Å². The minimum absolute atomic E-state index is 0.0698. The van der Waals surface area contributed by atoms with Crippen LogP contribution in [0.1, 0.15) is 13.8 Å². The van der Waals surface area contributed by atoms with Gasteiger partial charge < -0.3 is 9.47 Å². The zero-order valence-electron chi connectivity index (χ0n) is 9.88. The van der Waals surface area contributed by atoms with Crippen molar-refractivity contribution >= 4 is 23.3 Å². The van der Waals surface area contributed by atoms with E-state index in [0.29, 0.717) is 0 Å². The molecule has 0 heterocycles. The molecule has 0 bridgehead atoms. The Hall–Kier alpha value is -1.82. The zero-order chi connectivity index (χ0) is 13.7. The Morgan fingerprint density at radius 3 is 2.78 bits per heavy atom. The summed E-state index contributed by atoms with van der Waals surface area (Å²) in [6.45, 7) is 3.30. The molecule has 7 heteroatoms. The maximum atomic E-state index is 11.4. The molecule has 0 saturated heterocycles. The van der Waals surface area contributed by atoms with Gasteiger partial charge in [-0.05, 0) is 19.9 Å². The van der Waals surface area contributed by atoms with E-state index in [4.69, 9.17) is 21.1 Å². The standard InChI is InChI=1S/C11H12ClNO5/c1-3-17-11(14)7(2)18-10-8(12)5-4-6-9(10)13(15)16/h4-7H,3H2,1-2H3. The molecule has 6 nitrogen and oxygen atoms in total. The molecule has 1 unspecified atom stereocenters. The molecule has 0 aliphatic rings. The summed E-state index contributed by atoms with van der Waals surface area (Å²) in [4.78, 5) is 21.6. The molecule has 0 amide bonds. The molecule has 1 rings (SSSR count). The summed E-state index contributed by atoms with van der Waals surface area (Å²) in [5.41, 5.74) is -0.293. The van der Waals surface area contributed by atoms with Gasteiger partial charge in [0.2, 0.25) is 5.75 Å². The van der Waals surface area contributed by atoms with Crippen LogP contribution < -0.4 is 4.74 Å². The van der Waals surface area contributed by atoms with Gasteiger partial charge in [-0.3, -0.25) is 10.1 Å². The smallest absolute Gasteiger partial charge is 0.347 e. The monoisotopic (exact) mass is 273 g/mol. The Bertz CT molecular complexity index is 463. The van der Waals surface area contributed by atoms with Crippen molar-refractivity contribution < 1.29 is 19.2 Å². The van der Waals surface area contributed by atoms with E-state index in [1.165, 1.54) is 25.1 Å². The Balaban J connectivity index is 2.96. The molecule has 0 aromatic heterocycles. The predicted octanol–water partition coefficient (Wildman–Crippen LogP) is 2.58. The molecule has 0 aliphatic carbocycles. The van der Waals surface area contributed by atoms with Crippen LogP contribution in [0.25, 0.3) is 0 Å². The van der Waals surface area contributed by atoms with E-state index in [1.807, 2.05) is 0 Å². The molecule has 0 aliphatic heterocycles. The van der Waals surface area contributed by atoms with Crippen molar-refractivity contribution in [1.82, 2.24) is 0 Å². The van der Waals surface area contributed by atoms with Crippen LogP contribution in [-0.2, 0) is 9.53 Å². The number of carbonyl (C=O) groups is 1. The number of nitro benzene ring substituents is 1. The third kappa shape index (κ3) is 3.33. The number of nitro groups is 1. The van der Waals surface area contributed by atoms with E-state index in [2.05, 4.69) is 0 Å². The van der Waals surface area contributed by atoms with Gasteiger partial charge >= 0.3 is 11.7 Å². The Morgan fingerprint density at radius 1 is 1.56 bits per heavy atom. The van der Waals surface area contributed by atoms with E-state index in [9.17, 15) is 14.9 Å². The number of carbonyl (C=O) groups excluding carboxylic acids is 1. The molecule has 1 aromatic rings. The predicted molar refractivity (Wildman–Crippen MR) is 64.8 cm³/mol. The second-order valence-corrected chi connectivity index (χ2v) is 3.76. The number of para-hydroxylation sites is 1. The number of hydrogen-bond acceptors (Lipinski definition) is 5. The van der Waals surface area contributed by atoms with Gasteiger partial charge in [-0.25, -0.2) is 4.79 Å². The summed E-state index contributed by atoms with van der Waals surface area (Å²) < 4.78 is 9.94. The second-order valence-electron chi connectivity index (χ2n) is 3.36. The third-order valence-electron chi connectivity index (χ3n) is 2.06. The highest BCUT2D eigenvalue weighted by Crippen LogP contribution is 2.35. The van der Waals surface area contributed by atoms with Crippen molar-refractivity contribution in [3.05, 3.63) is 33.3 Å². The van der Waals surface area contributed by atoms with Crippen LogP contribution in [0.5, 0.6) is 5.75 Å². The topological polar surface area (TPSA) is 78.7 Å². The summed E-state index contributed by atoms with van der Waals surface area (Å²) in [6.07, 6.45) is -0.969. The number of ether oxygens (including phenoxy) is 2. The number of rotatable bonds is 5. The molecule has 1 aromatic carbocycles. The fourth-order valence-corrected chi connectivity index (χ4v) is 1.46. The van der Waals surface area contributed by atoms with E-state index in [-0.39, 0.29) is 23.1 Å². The average Bonchev–Trinajstić information content (AvgIpc) is 2.31. The number of benzene rings is 1. The molecule has 0 N–H and O–H groups in total. The summed E-state index contributed by atoms with van der Waals surface area (Å²) >= 11 is 5.82. The molecule has 1 atom stereocenters. The van der Waals surface area contributed by atoms with Crippen LogP contribution in [0, 0.1) is 10.1 Å². The maximum absolute atomic E-state index is 11.4. The highest BCUT2D eigenvalue weighted by Gasteiger charge is 2.24. The van der Waals surface area contributed by atoms with Gasteiger partial charge in [0, 0.05) is 6.07 Å². The molecule has 0 spiro atoms. The van der Waals surface area contributed by atoms with Gasteiger partial charge in [0.15, 0.2) is 6.10 Å². The molecule has 18 heavy (non-hydrogen) atoms. The van der Waals surface area contributed by atoms with Crippen molar-refractivity contribution in [3.63, 3.8) is 0 Å². The molecule has 98 valence electrons. The summed E-state index contributed by atoms with van der Waals surface area (Å²) in [5, 5.41) is 10.9. The first-order valence-electron chi connectivity index (χ1n) is 5.23. The highest BCUT2D eigenvalue weighted by molar-refractivity contribution is 6.32. The lowest BCUT2D eigenvalue weighted by molar-refractivity contribution is -0.386. The Morgan fingerprint density at radius 2 is 2.22 bits per heavy atom. The molecule has 0 saturated carbocycles. The van der Waals surface area contributed by atoms with Crippen LogP contribution in [0.4, 0.5) is 5.69 Å². The lowest BCUT2D eigenvalue weighted by atomic mass is 10.3. The molecular weight excluding hydrogens is 262 g/mol. The quantitative estimate of drug-likeness (QED) is 0.468. The van der Waals surface area contributed by atoms with E-state index in [1.54, 1.807) is 6.92 Å². The van der Waals surface area contributed by atoms with Crippen molar-refractivity contribution in [3.8, 4) is 5.75 Å². The first kappa shape index (κ1) is 14.2. The van der Waals surface area contributed by atoms with Gasteiger partial charge in [-0.2, -0.15) is 0 Å². The fraction of sp³-hybridized carbons (Fsp3) is 0.364. The lowest BCUT2D eigenvalue weighted by Crippen LogP contribution is -2.26. The summed E-state index contributed by atoms with van der Waals surface area (Å²) in [5.74, 6) is -0.739. The van der Waals surface area contributed by atoms with Crippen molar-refractivity contribution in [2.24, 2.45) is 0 Å². The first-order chi connectivity index (χ1) is 8.47. The third-order valence-corrected chi connectivity index (χ3v) is 2.35. The lowest BCUT2D eigenvalue weighted by Gasteiger charge is -2.14. The molecule has 0 radical (unpaired) electrons. The number of esters is 1.